The minimum Gasteiger partial charge on any atom is -0.0650 e. The Bertz CT molecular complexity index is 91.8. The van der Waals surface area contributed by atoms with Gasteiger partial charge in [-0.3, -0.25) is 0 Å². The van der Waals surface area contributed by atoms with Crippen LogP contribution < -0.4 is 0 Å². The van der Waals surface area contributed by atoms with Crippen molar-refractivity contribution in [2.24, 2.45) is 0 Å². The van der Waals surface area contributed by atoms with Gasteiger partial charge in [-0.15, -0.1) is 0 Å². The van der Waals surface area contributed by atoms with E-state index in [9.17, 15) is 0 Å². The van der Waals surface area contributed by atoms with Gasteiger partial charge in [-0.2, -0.15) is 0 Å². The molecule has 0 aliphatic carbocycles. The Labute approximate surface area is 75.1 Å². The number of allylic oxidation sites excluding steroid dienone is 1. The summed E-state index contributed by atoms with van der Waals surface area (Å²) in [5.41, 5.74) is 0. The molecule has 0 unspecified atom stereocenters. The molecule has 0 nitrogen and oxygen atoms in total. The Morgan fingerprint density at radius 2 is 1.75 bits per heavy atom. The average Bonchev–Trinajstić information content (AvgIpc) is 1.67. The van der Waals surface area contributed by atoms with E-state index in [4.69, 9.17) is 0 Å². The van der Waals surface area contributed by atoms with E-state index in [1.807, 2.05) is 0 Å². The fraction of sp³-hybridized carbons (Fsp3) is 0.600. The van der Waals surface area contributed by atoms with E-state index in [1.165, 1.54) is 10.9 Å². The van der Waals surface area contributed by atoms with Gasteiger partial charge in [0.2, 0.25) is 0 Å². The summed E-state index contributed by atoms with van der Waals surface area (Å²) in [5, 5.41) is 0. The molecule has 0 rings (SSSR count). The van der Waals surface area contributed by atoms with E-state index in [0.717, 1.165) is 9.81 Å². The highest BCUT2D eigenvalue weighted by Gasteiger charge is 1.92. The van der Waals surface area contributed by atoms with E-state index in [1.54, 1.807) is 0 Å². The first-order chi connectivity index (χ1) is 3.68. The predicted octanol–water partition coefficient (Wildman–Crippen LogP) is 4.14. The summed E-state index contributed by atoms with van der Waals surface area (Å²) in [4.78, 5) is 0. The zero-order valence-electron chi connectivity index (χ0n) is 4.55. The van der Waals surface area contributed by atoms with Crippen LogP contribution in [0.25, 0.3) is 0 Å². The van der Waals surface area contributed by atoms with Gasteiger partial charge in [0, 0.05) is 4.48 Å². The van der Waals surface area contributed by atoms with E-state index in [2.05, 4.69) is 54.7 Å². The number of hydrogen-bond donors (Lipinski definition) is 0. The van der Waals surface area contributed by atoms with Crippen molar-refractivity contribution in [3.05, 3.63) is 7.87 Å². The molecule has 0 fully saturated rings. The Balaban J connectivity index is 3.62. The molecule has 0 saturated carbocycles. The SMILES string of the molecule is CCCC(Br)=C(Br)Br. The highest BCUT2D eigenvalue weighted by molar-refractivity contribution is 9.29. The average molecular weight is 307 g/mol. The smallest absolute Gasteiger partial charge is 0.0650 e. The maximum Gasteiger partial charge on any atom is 0.0705 e. The van der Waals surface area contributed by atoms with Crippen molar-refractivity contribution in [1.82, 2.24) is 0 Å². The Morgan fingerprint density at radius 1 is 1.25 bits per heavy atom. The summed E-state index contributed by atoms with van der Waals surface area (Å²) in [6.07, 6.45) is 2.26. The summed E-state index contributed by atoms with van der Waals surface area (Å²) in [7, 11) is 0. The molecule has 0 aromatic rings. The molecule has 0 atom stereocenters. The normalized spacial score (nSPS) is 9.00. The van der Waals surface area contributed by atoms with Crippen LogP contribution in [0.15, 0.2) is 7.87 Å². The standard InChI is InChI=1S/C5H7Br3/c1-2-3-4(6)5(7)8/h2-3H2,1H3. The van der Waals surface area contributed by atoms with Crippen molar-refractivity contribution >= 4 is 47.8 Å². The van der Waals surface area contributed by atoms with Crippen molar-refractivity contribution in [3.8, 4) is 0 Å². The van der Waals surface area contributed by atoms with Crippen LogP contribution in [0.5, 0.6) is 0 Å². The quantitative estimate of drug-likeness (QED) is 0.719. The van der Waals surface area contributed by atoms with Crippen LogP contribution in [0.2, 0.25) is 0 Å². The highest BCUT2D eigenvalue weighted by Crippen LogP contribution is 2.26. The molecule has 0 aromatic heterocycles. The second-order valence-corrected chi connectivity index (χ2v) is 5.02. The lowest BCUT2D eigenvalue weighted by Crippen LogP contribution is -1.68. The molecule has 0 aliphatic heterocycles. The van der Waals surface area contributed by atoms with Crippen molar-refractivity contribution in [2.45, 2.75) is 19.8 Å². The largest absolute Gasteiger partial charge is 0.0705 e. The van der Waals surface area contributed by atoms with Gasteiger partial charge in [-0.25, -0.2) is 0 Å². The fourth-order valence-corrected chi connectivity index (χ4v) is 1.11. The van der Waals surface area contributed by atoms with Crippen molar-refractivity contribution < 1.29 is 0 Å². The first kappa shape index (κ1) is 9.18. The van der Waals surface area contributed by atoms with Gasteiger partial charge in [-0.05, 0) is 38.3 Å². The number of rotatable bonds is 2. The topological polar surface area (TPSA) is 0 Å². The first-order valence-electron chi connectivity index (χ1n) is 2.38. The van der Waals surface area contributed by atoms with Gasteiger partial charge >= 0.3 is 0 Å². The van der Waals surface area contributed by atoms with Crippen LogP contribution in [-0.4, -0.2) is 0 Å². The third-order valence-electron chi connectivity index (χ3n) is 0.675. The first-order valence-corrected chi connectivity index (χ1v) is 4.76. The minimum atomic E-state index is 1.02. The molecule has 0 aromatic carbocycles. The van der Waals surface area contributed by atoms with Crippen LogP contribution in [-0.2, 0) is 0 Å². The van der Waals surface area contributed by atoms with Crippen molar-refractivity contribution in [2.75, 3.05) is 0 Å². The maximum absolute atomic E-state index is 3.39. The fourth-order valence-electron chi connectivity index (χ4n) is 0.314. The van der Waals surface area contributed by atoms with Crippen LogP contribution in [0, 0.1) is 0 Å². The molecule has 0 spiro atoms. The number of halogens is 3. The molecule has 8 heavy (non-hydrogen) atoms. The predicted molar refractivity (Wildman–Crippen MR) is 48.7 cm³/mol. The van der Waals surface area contributed by atoms with Crippen LogP contribution >= 0.6 is 47.8 Å². The van der Waals surface area contributed by atoms with E-state index >= 15 is 0 Å². The molecular formula is C5H7Br3. The van der Waals surface area contributed by atoms with Gasteiger partial charge in [0.25, 0.3) is 0 Å². The monoisotopic (exact) mass is 304 g/mol. The molecule has 0 bridgehead atoms. The molecular weight excluding hydrogens is 300 g/mol. The third-order valence-corrected chi connectivity index (χ3v) is 3.49. The lowest BCUT2D eigenvalue weighted by molar-refractivity contribution is 0.952. The summed E-state index contributed by atoms with van der Waals surface area (Å²) in [6, 6.07) is 0. The Hall–Kier alpha value is 1.18. The molecule has 3 heteroatoms. The summed E-state index contributed by atoms with van der Waals surface area (Å²) in [5.74, 6) is 0. The lowest BCUT2D eigenvalue weighted by Gasteiger charge is -1.92. The Morgan fingerprint density at radius 3 is 1.88 bits per heavy atom. The molecule has 0 amide bonds. The minimum absolute atomic E-state index is 1.02. The van der Waals surface area contributed by atoms with E-state index in [-0.39, 0.29) is 0 Å². The second kappa shape index (κ2) is 5.00. The van der Waals surface area contributed by atoms with Crippen LogP contribution in [0.4, 0.5) is 0 Å². The molecule has 0 N–H and O–H groups in total. The zero-order valence-corrected chi connectivity index (χ0v) is 9.31. The van der Waals surface area contributed by atoms with Gasteiger partial charge in [0.15, 0.2) is 0 Å². The third kappa shape index (κ3) is 4.10. The lowest BCUT2D eigenvalue weighted by atomic mass is 10.3. The summed E-state index contributed by atoms with van der Waals surface area (Å²) < 4.78 is 2.21. The maximum atomic E-state index is 3.39. The van der Waals surface area contributed by atoms with Crippen LogP contribution in [0.1, 0.15) is 19.8 Å². The second-order valence-electron chi connectivity index (χ2n) is 1.42. The zero-order chi connectivity index (χ0) is 6.57. The number of hydrogen-bond acceptors (Lipinski definition) is 0. The van der Waals surface area contributed by atoms with Gasteiger partial charge in [-0.1, -0.05) is 29.3 Å². The highest BCUT2D eigenvalue weighted by atomic mass is 79.9. The molecule has 0 radical (unpaired) electrons. The Kier molecular flexibility index (Phi) is 5.74. The molecule has 48 valence electrons. The summed E-state index contributed by atoms with van der Waals surface area (Å²) >= 11 is 9.97. The van der Waals surface area contributed by atoms with Crippen LogP contribution in [0.3, 0.4) is 0 Å². The van der Waals surface area contributed by atoms with Crippen molar-refractivity contribution in [3.63, 3.8) is 0 Å². The molecule has 0 saturated heterocycles. The molecule has 0 aliphatic rings. The van der Waals surface area contributed by atoms with Crippen molar-refractivity contribution in [1.29, 1.82) is 0 Å². The summed E-state index contributed by atoms with van der Waals surface area (Å²) in [6.45, 7) is 2.14. The van der Waals surface area contributed by atoms with E-state index < -0.39 is 0 Å². The van der Waals surface area contributed by atoms with E-state index in [0.29, 0.717) is 0 Å². The van der Waals surface area contributed by atoms with Gasteiger partial charge in [0.05, 0.1) is 3.39 Å². The van der Waals surface area contributed by atoms with Gasteiger partial charge < -0.3 is 0 Å². The molecule has 0 heterocycles. The van der Waals surface area contributed by atoms with Gasteiger partial charge in [0.1, 0.15) is 0 Å².